The maximum absolute atomic E-state index is 13.1. The molecule has 0 N–H and O–H groups in total. The molecule has 0 atom stereocenters. The zero-order chi connectivity index (χ0) is 23.4. The number of imidazole rings is 1. The lowest BCUT2D eigenvalue weighted by Gasteiger charge is -2.11. The lowest BCUT2D eigenvalue weighted by Crippen LogP contribution is -2.15. The van der Waals surface area contributed by atoms with E-state index < -0.39 is 9.84 Å². The number of hydrogen-bond acceptors (Lipinski definition) is 6. The number of carbonyl (C=O) groups excluding carboxylic acids is 1. The number of nitrogens with zero attached hydrogens (tertiary/aromatic N) is 4. The molecule has 0 saturated heterocycles. The SMILES string of the molecule is CN(C)CCc1cccc(S(=O)(=O)c2ccc(CCC(=O)c3cnc4nccn4c3)cc2)c1. The van der Waals surface area contributed by atoms with Crippen LogP contribution in [0, 0.1) is 0 Å². The van der Waals surface area contributed by atoms with E-state index in [1.54, 1.807) is 65.5 Å². The second kappa shape index (κ2) is 9.64. The molecule has 2 heterocycles. The molecule has 8 heteroatoms. The molecule has 0 amide bonds. The first kappa shape index (κ1) is 22.8. The van der Waals surface area contributed by atoms with Gasteiger partial charge in [0.05, 0.1) is 15.4 Å². The Balaban J connectivity index is 1.43. The molecule has 0 saturated carbocycles. The molecule has 0 radical (unpaired) electrons. The van der Waals surface area contributed by atoms with E-state index in [0.717, 1.165) is 24.1 Å². The molecule has 0 aliphatic rings. The van der Waals surface area contributed by atoms with E-state index in [0.29, 0.717) is 29.1 Å². The number of aromatic nitrogens is 3. The standard InChI is InChI=1S/C25H26N4O3S/c1-28(2)14-12-20-4-3-5-23(16-20)33(31,32)22-9-6-19(7-10-22)8-11-24(30)21-17-27-25-26-13-15-29(25)18-21/h3-7,9-10,13,15-18H,8,11-12,14H2,1-2H3. The number of carbonyl (C=O) groups is 1. The summed E-state index contributed by atoms with van der Waals surface area (Å²) in [6.45, 7) is 0.850. The van der Waals surface area contributed by atoms with Crippen LogP contribution in [0.5, 0.6) is 0 Å². The van der Waals surface area contributed by atoms with E-state index in [4.69, 9.17) is 0 Å². The molecule has 4 aromatic rings. The summed E-state index contributed by atoms with van der Waals surface area (Å²) in [5.74, 6) is 0.524. The molecule has 4 rings (SSSR count). The Morgan fingerprint density at radius 3 is 2.52 bits per heavy atom. The van der Waals surface area contributed by atoms with Crippen molar-refractivity contribution >= 4 is 21.4 Å². The number of ketones is 1. The van der Waals surface area contributed by atoms with Gasteiger partial charge < -0.3 is 4.90 Å². The second-order valence-electron chi connectivity index (χ2n) is 8.25. The van der Waals surface area contributed by atoms with E-state index in [1.165, 1.54) is 6.20 Å². The largest absolute Gasteiger partial charge is 0.309 e. The summed E-state index contributed by atoms with van der Waals surface area (Å²) in [4.78, 5) is 23.4. The fourth-order valence-electron chi connectivity index (χ4n) is 3.55. The molecule has 7 nitrogen and oxygen atoms in total. The first-order valence-electron chi connectivity index (χ1n) is 10.7. The van der Waals surface area contributed by atoms with E-state index in [-0.39, 0.29) is 10.7 Å². The van der Waals surface area contributed by atoms with Crippen molar-refractivity contribution in [1.82, 2.24) is 19.3 Å². The number of rotatable bonds is 9. The monoisotopic (exact) mass is 462 g/mol. The third kappa shape index (κ3) is 5.35. The predicted octanol–water partition coefficient (Wildman–Crippen LogP) is 3.48. The van der Waals surface area contributed by atoms with Gasteiger partial charge in [-0.1, -0.05) is 24.3 Å². The average molecular weight is 463 g/mol. The summed E-state index contributed by atoms with van der Waals surface area (Å²) in [6.07, 6.45) is 8.24. The fraction of sp³-hybridized carbons (Fsp3) is 0.240. The van der Waals surface area contributed by atoms with Gasteiger partial charge in [0.1, 0.15) is 0 Å². The number of aryl methyl sites for hydroxylation is 1. The normalized spacial score (nSPS) is 11.8. The van der Waals surface area contributed by atoms with Crippen molar-refractivity contribution in [2.45, 2.75) is 29.1 Å². The maximum Gasteiger partial charge on any atom is 0.233 e. The molecule has 0 spiro atoms. The molecule has 2 aromatic heterocycles. The minimum Gasteiger partial charge on any atom is -0.309 e. The van der Waals surface area contributed by atoms with Crippen molar-refractivity contribution < 1.29 is 13.2 Å². The van der Waals surface area contributed by atoms with Crippen LogP contribution in [-0.2, 0) is 22.7 Å². The van der Waals surface area contributed by atoms with Crippen LogP contribution < -0.4 is 0 Å². The second-order valence-corrected chi connectivity index (χ2v) is 10.2. The molecule has 33 heavy (non-hydrogen) atoms. The van der Waals surface area contributed by atoms with E-state index >= 15 is 0 Å². The molecule has 170 valence electrons. The number of sulfone groups is 1. The summed E-state index contributed by atoms with van der Waals surface area (Å²) in [6, 6.07) is 13.9. The van der Waals surface area contributed by atoms with Crippen LogP contribution in [0.3, 0.4) is 0 Å². The summed E-state index contributed by atoms with van der Waals surface area (Å²) in [5.41, 5.74) is 2.41. The lowest BCUT2D eigenvalue weighted by atomic mass is 10.0. The summed E-state index contributed by atoms with van der Waals surface area (Å²) in [5, 5.41) is 0. The summed E-state index contributed by atoms with van der Waals surface area (Å²) >= 11 is 0. The number of fused-ring (bicyclic) bond motifs is 1. The molecule has 0 aliphatic heterocycles. The first-order chi connectivity index (χ1) is 15.8. The molecule has 0 unspecified atom stereocenters. The minimum absolute atomic E-state index is 0.0238. The van der Waals surface area contributed by atoms with Crippen LogP contribution in [0.1, 0.15) is 27.9 Å². The predicted molar refractivity (Wildman–Crippen MR) is 126 cm³/mol. The number of likely N-dealkylation sites (N-methyl/N-ethyl adjacent to an activating group) is 1. The lowest BCUT2D eigenvalue weighted by molar-refractivity contribution is 0.0982. The van der Waals surface area contributed by atoms with Gasteiger partial charge in [-0.25, -0.2) is 18.4 Å². The van der Waals surface area contributed by atoms with Gasteiger partial charge in [-0.05, 0) is 62.3 Å². The summed E-state index contributed by atoms with van der Waals surface area (Å²) in [7, 11) is 0.378. The highest BCUT2D eigenvalue weighted by Gasteiger charge is 2.18. The van der Waals surface area contributed by atoms with Crippen LogP contribution in [0.25, 0.3) is 5.78 Å². The van der Waals surface area contributed by atoms with Gasteiger partial charge in [0.2, 0.25) is 15.6 Å². The number of Topliss-reactive ketones (excluding diaryl/α,β-unsaturated/α-hetero) is 1. The van der Waals surface area contributed by atoms with E-state index in [2.05, 4.69) is 14.9 Å². The van der Waals surface area contributed by atoms with Crippen LogP contribution in [0.15, 0.2) is 83.1 Å². The van der Waals surface area contributed by atoms with E-state index in [1.807, 2.05) is 20.2 Å². The van der Waals surface area contributed by atoms with Gasteiger partial charge in [-0.15, -0.1) is 0 Å². The smallest absolute Gasteiger partial charge is 0.233 e. The van der Waals surface area contributed by atoms with Crippen molar-refractivity contribution in [2.75, 3.05) is 20.6 Å². The van der Waals surface area contributed by atoms with Crippen molar-refractivity contribution in [3.8, 4) is 0 Å². The van der Waals surface area contributed by atoms with Gasteiger partial charge in [0.25, 0.3) is 0 Å². The Kier molecular flexibility index (Phi) is 6.67. The number of benzene rings is 2. The van der Waals surface area contributed by atoms with Gasteiger partial charge >= 0.3 is 0 Å². The summed E-state index contributed by atoms with van der Waals surface area (Å²) < 4.78 is 27.9. The Morgan fingerprint density at radius 1 is 0.970 bits per heavy atom. The highest BCUT2D eigenvalue weighted by molar-refractivity contribution is 7.91. The molecular weight excluding hydrogens is 436 g/mol. The van der Waals surface area contributed by atoms with Gasteiger partial charge in [0.15, 0.2) is 5.78 Å². The van der Waals surface area contributed by atoms with Crippen molar-refractivity contribution in [1.29, 1.82) is 0 Å². The number of hydrogen-bond donors (Lipinski definition) is 0. The van der Waals surface area contributed by atoms with Crippen LogP contribution >= 0.6 is 0 Å². The minimum atomic E-state index is -3.60. The Labute approximate surface area is 193 Å². The van der Waals surface area contributed by atoms with Gasteiger partial charge in [0, 0.05) is 37.8 Å². The van der Waals surface area contributed by atoms with Crippen LogP contribution in [0.2, 0.25) is 0 Å². The highest BCUT2D eigenvalue weighted by atomic mass is 32.2. The quantitative estimate of drug-likeness (QED) is 0.354. The molecular formula is C25H26N4O3S. The average Bonchev–Trinajstić information content (AvgIpc) is 3.29. The fourth-order valence-corrected chi connectivity index (χ4v) is 4.89. The van der Waals surface area contributed by atoms with Crippen molar-refractivity contribution in [3.05, 3.63) is 90.0 Å². The molecule has 0 aliphatic carbocycles. The van der Waals surface area contributed by atoms with Gasteiger partial charge in [-0.3, -0.25) is 9.20 Å². The highest BCUT2D eigenvalue weighted by Crippen LogP contribution is 2.23. The maximum atomic E-state index is 13.1. The van der Waals surface area contributed by atoms with E-state index in [9.17, 15) is 13.2 Å². The Bertz CT molecular complexity index is 1380. The van der Waals surface area contributed by atoms with Crippen molar-refractivity contribution in [2.24, 2.45) is 0 Å². The Morgan fingerprint density at radius 2 is 1.76 bits per heavy atom. The van der Waals surface area contributed by atoms with Gasteiger partial charge in [-0.2, -0.15) is 0 Å². The molecule has 2 aromatic carbocycles. The third-order valence-electron chi connectivity index (χ3n) is 5.50. The third-order valence-corrected chi connectivity index (χ3v) is 7.27. The van der Waals surface area contributed by atoms with Crippen LogP contribution in [-0.4, -0.2) is 54.1 Å². The molecule has 0 fully saturated rings. The van der Waals surface area contributed by atoms with Crippen LogP contribution in [0.4, 0.5) is 0 Å². The first-order valence-corrected chi connectivity index (χ1v) is 12.2. The zero-order valence-corrected chi connectivity index (χ0v) is 19.5. The molecule has 0 bridgehead atoms. The van der Waals surface area contributed by atoms with Crippen molar-refractivity contribution in [3.63, 3.8) is 0 Å². The topological polar surface area (TPSA) is 84.6 Å². The zero-order valence-electron chi connectivity index (χ0n) is 18.7. The Hall–Kier alpha value is -3.36.